The molecule has 13 heavy (non-hydrogen) atoms. The van der Waals surface area contributed by atoms with E-state index in [2.05, 4.69) is 10.2 Å². The summed E-state index contributed by atoms with van der Waals surface area (Å²) in [6, 6.07) is 0.373. The Hall–Kier alpha value is -0.610. The van der Waals surface area contributed by atoms with Crippen LogP contribution in [0, 0.1) is 5.92 Å². The monoisotopic (exact) mass is 183 g/mol. The molecular weight excluding hydrogens is 166 g/mol. The van der Waals surface area contributed by atoms with Crippen molar-refractivity contribution >= 4 is 5.91 Å². The van der Waals surface area contributed by atoms with E-state index in [-0.39, 0.29) is 11.8 Å². The predicted molar refractivity (Wildman–Crippen MR) is 50.1 cm³/mol. The molecule has 0 saturated carbocycles. The van der Waals surface area contributed by atoms with E-state index in [0.29, 0.717) is 6.04 Å². The van der Waals surface area contributed by atoms with Gasteiger partial charge in [-0.05, 0) is 19.4 Å². The number of nitrogens with zero attached hydrogens (tertiary/aromatic N) is 1. The van der Waals surface area contributed by atoms with Gasteiger partial charge in [0.2, 0.25) is 5.91 Å². The first-order valence-corrected chi connectivity index (χ1v) is 5.01. The highest BCUT2D eigenvalue weighted by Gasteiger charge is 2.27. The SMILES string of the molecule is NC1CN(CCC2CCNC2=O)C1. The fourth-order valence-electron chi connectivity index (χ4n) is 2.05. The molecular formula is C9H17N3O. The molecule has 2 rings (SSSR count). The van der Waals surface area contributed by atoms with Gasteiger partial charge < -0.3 is 16.0 Å². The minimum absolute atomic E-state index is 0.241. The summed E-state index contributed by atoms with van der Waals surface area (Å²) in [6.45, 7) is 3.91. The molecule has 0 aromatic heterocycles. The van der Waals surface area contributed by atoms with E-state index in [1.165, 1.54) is 0 Å². The first-order chi connectivity index (χ1) is 6.25. The van der Waals surface area contributed by atoms with E-state index in [1.54, 1.807) is 0 Å². The quantitative estimate of drug-likeness (QED) is 0.599. The molecule has 2 fully saturated rings. The summed E-state index contributed by atoms with van der Waals surface area (Å²) in [6.07, 6.45) is 2.01. The molecule has 4 heteroatoms. The van der Waals surface area contributed by atoms with Gasteiger partial charge in [-0.3, -0.25) is 4.79 Å². The maximum atomic E-state index is 11.2. The van der Waals surface area contributed by atoms with Crippen molar-refractivity contribution in [3.8, 4) is 0 Å². The van der Waals surface area contributed by atoms with Crippen molar-refractivity contribution in [2.45, 2.75) is 18.9 Å². The largest absolute Gasteiger partial charge is 0.356 e. The van der Waals surface area contributed by atoms with E-state index in [0.717, 1.165) is 39.0 Å². The topological polar surface area (TPSA) is 58.4 Å². The van der Waals surface area contributed by atoms with Gasteiger partial charge in [0.25, 0.3) is 0 Å². The lowest BCUT2D eigenvalue weighted by atomic mass is 10.0. The van der Waals surface area contributed by atoms with Crippen molar-refractivity contribution in [2.75, 3.05) is 26.2 Å². The maximum Gasteiger partial charge on any atom is 0.223 e. The zero-order valence-corrected chi connectivity index (χ0v) is 7.83. The Bertz CT molecular complexity index is 201. The van der Waals surface area contributed by atoms with E-state index in [9.17, 15) is 4.79 Å². The molecule has 0 bridgehead atoms. The number of hydrogen-bond acceptors (Lipinski definition) is 3. The van der Waals surface area contributed by atoms with Gasteiger partial charge in [-0.1, -0.05) is 0 Å². The van der Waals surface area contributed by atoms with Gasteiger partial charge in [-0.2, -0.15) is 0 Å². The van der Waals surface area contributed by atoms with Crippen molar-refractivity contribution in [1.29, 1.82) is 0 Å². The van der Waals surface area contributed by atoms with Crippen LogP contribution in [0.1, 0.15) is 12.8 Å². The van der Waals surface area contributed by atoms with E-state index in [1.807, 2.05) is 0 Å². The summed E-state index contributed by atoms with van der Waals surface area (Å²) in [7, 11) is 0. The van der Waals surface area contributed by atoms with E-state index in [4.69, 9.17) is 5.73 Å². The first kappa shape index (κ1) is 8.97. The van der Waals surface area contributed by atoms with E-state index >= 15 is 0 Å². The summed E-state index contributed by atoms with van der Waals surface area (Å²) in [5.74, 6) is 0.502. The lowest BCUT2D eigenvalue weighted by Gasteiger charge is -2.37. The third-order valence-corrected chi connectivity index (χ3v) is 2.94. The van der Waals surface area contributed by atoms with Crippen molar-refractivity contribution in [3.63, 3.8) is 0 Å². The molecule has 1 unspecified atom stereocenters. The molecule has 0 aromatic rings. The van der Waals surface area contributed by atoms with Gasteiger partial charge in [-0.25, -0.2) is 0 Å². The summed E-state index contributed by atoms with van der Waals surface area (Å²) in [4.78, 5) is 13.5. The van der Waals surface area contributed by atoms with Crippen LogP contribution in [-0.4, -0.2) is 43.0 Å². The van der Waals surface area contributed by atoms with Crippen molar-refractivity contribution < 1.29 is 4.79 Å². The van der Waals surface area contributed by atoms with Crippen molar-refractivity contribution in [1.82, 2.24) is 10.2 Å². The second-order valence-corrected chi connectivity index (χ2v) is 4.08. The molecule has 1 amide bonds. The van der Waals surface area contributed by atoms with Crippen LogP contribution in [0.25, 0.3) is 0 Å². The van der Waals surface area contributed by atoms with Crippen LogP contribution in [0.4, 0.5) is 0 Å². The highest BCUT2D eigenvalue weighted by Crippen LogP contribution is 2.16. The Kier molecular flexibility index (Phi) is 2.51. The van der Waals surface area contributed by atoms with Gasteiger partial charge in [-0.15, -0.1) is 0 Å². The van der Waals surface area contributed by atoms with Crippen LogP contribution in [0.3, 0.4) is 0 Å². The van der Waals surface area contributed by atoms with Gasteiger partial charge >= 0.3 is 0 Å². The first-order valence-electron chi connectivity index (χ1n) is 5.01. The lowest BCUT2D eigenvalue weighted by Crippen LogP contribution is -2.55. The van der Waals surface area contributed by atoms with Gasteiger partial charge in [0.1, 0.15) is 0 Å². The Labute approximate surface area is 78.5 Å². The highest BCUT2D eigenvalue weighted by molar-refractivity contribution is 5.80. The second-order valence-electron chi connectivity index (χ2n) is 4.08. The molecule has 0 spiro atoms. The number of amides is 1. The third kappa shape index (κ3) is 2.00. The average molecular weight is 183 g/mol. The molecule has 2 aliphatic rings. The molecule has 0 radical (unpaired) electrons. The van der Waals surface area contributed by atoms with Crippen LogP contribution in [0.15, 0.2) is 0 Å². The molecule has 74 valence electrons. The zero-order valence-electron chi connectivity index (χ0n) is 7.83. The fraction of sp³-hybridized carbons (Fsp3) is 0.889. The standard InChI is InChI=1S/C9H17N3O/c10-8-5-12(6-8)4-2-7-1-3-11-9(7)13/h7-8H,1-6,10H2,(H,11,13). The maximum absolute atomic E-state index is 11.2. The fourth-order valence-corrected chi connectivity index (χ4v) is 2.05. The Morgan fingerprint density at radius 1 is 1.54 bits per heavy atom. The molecule has 0 aromatic carbocycles. The van der Waals surface area contributed by atoms with Crippen LogP contribution >= 0.6 is 0 Å². The minimum Gasteiger partial charge on any atom is -0.356 e. The molecule has 2 heterocycles. The molecule has 2 saturated heterocycles. The number of nitrogens with one attached hydrogen (secondary N) is 1. The number of nitrogens with two attached hydrogens (primary N) is 1. The van der Waals surface area contributed by atoms with Crippen LogP contribution in [0.5, 0.6) is 0 Å². The lowest BCUT2D eigenvalue weighted by molar-refractivity contribution is -0.122. The smallest absolute Gasteiger partial charge is 0.223 e. The van der Waals surface area contributed by atoms with Crippen LogP contribution in [-0.2, 0) is 4.79 Å². The highest BCUT2D eigenvalue weighted by atomic mass is 16.2. The molecule has 3 N–H and O–H groups in total. The second kappa shape index (κ2) is 3.64. The van der Waals surface area contributed by atoms with Gasteiger partial charge in [0, 0.05) is 31.6 Å². The Morgan fingerprint density at radius 2 is 2.31 bits per heavy atom. The van der Waals surface area contributed by atoms with Crippen molar-refractivity contribution in [2.24, 2.45) is 11.7 Å². The summed E-state index contributed by atoms with van der Waals surface area (Å²) in [5.41, 5.74) is 5.66. The summed E-state index contributed by atoms with van der Waals surface area (Å²) in [5, 5.41) is 2.86. The number of hydrogen-bond donors (Lipinski definition) is 2. The number of carbonyl (C=O) groups is 1. The minimum atomic E-state index is 0.241. The number of rotatable bonds is 3. The summed E-state index contributed by atoms with van der Waals surface area (Å²) < 4.78 is 0. The summed E-state index contributed by atoms with van der Waals surface area (Å²) >= 11 is 0. The van der Waals surface area contributed by atoms with Gasteiger partial charge in [0.05, 0.1) is 0 Å². The number of carbonyl (C=O) groups excluding carboxylic acids is 1. The normalized spacial score (nSPS) is 30.2. The molecule has 1 atom stereocenters. The Morgan fingerprint density at radius 3 is 2.85 bits per heavy atom. The number of likely N-dealkylation sites (tertiary alicyclic amines) is 1. The Balaban J connectivity index is 1.65. The molecule has 4 nitrogen and oxygen atoms in total. The third-order valence-electron chi connectivity index (χ3n) is 2.94. The zero-order chi connectivity index (χ0) is 9.26. The average Bonchev–Trinajstić information content (AvgIpc) is 2.43. The predicted octanol–water partition coefficient (Wildman–Crippen LogP) is -0.844. The molecule has 0 aliphatic carbocycles. The van der Waals surface area contributed by atoms with Gasteiger partial charge in [0.15, 0.2) is 0 Å². The van der Waals surface area contributed by atoms with Crippen molar-refractivity contribution in [3.05, 3.63) is 0 Å². The molecule has 2 aliphatic heterocycles. The van der Waals surface area contributed by atoms with Crippen LogP contribution in [0.2, 0.25) is 0 Å². The van der Waals surface area contributed by atoms with Crippen LogP contribution < -0.4 is 11.1 Å². The van der Waals surface area contributed by atoms with E-state index < -0.39 is 0 Å².